The molecule has 140 valence electrons. The minimum absolute atomic E-state index is 0.0994. The number of para-hydroxylation sites is 1. The maximum Gasteiger partial charge on any atom is 0.232 e. The summed E-state index contributed by atoms with van der Waals surface area (Å²) in [6.07, 6.45) is 1.29. The molecule has 0 saturated carbocycles. The number of nitrogens with zero attached hydrogens (tertiary/aromatic N) is 2. The molecular formula is C20H26N2O3S. The molecule has 2 aromatic rings. The van der Waals surface area contributed by atoms with Gasteiger partial charge in [-0.2, -0.15) is 0 Å². The van der Waals surface area contributed by atoms with Crippen molar-refractivity contribution in [2.45, 2.75) is 27.2 Å². The van der Waals surface area contributed by atoms with Gasteiger partial charge in [-0.25, -0.2) is 8.42 Å². The quantitative estimate of drug-likeness (QED) is 0.745. The third kappa shape index (κ3) is 4.64. The second kappa shape index (κ2) is 8.36. The Hall–Kier alpha value is -2.34. The zero-order valence-electron chi connectivity index (χ0n) is 15.8. The number of anilines is 2. The van der Waals surface area contributed by atoms with Crippen molar-refractivity contribution >= 4 is 27.3 Å². The Morgan fingerprint density at radius 2 is 1.65 bits per heavy atom. The van der Waals surface area contributed by atoms with Crippen molar-refractivity contribution in [2.75, 3.05) is 28.6 Å². The maximum atomic E-state index is 12.7. The minimum Gasteiger partial charge on any atom is -0.313 e. The number of sulfonamides is 1. The predicted molar refractivity (Wildman–Crippen MR) is 107 cm³/mol. The molecular weight excluding hydrogens is 348 g/mol. The molecule has 0 bridgehead atoms. The third-order valence-electron chi connectivity index (χ3n) is 4.46. The van der Waals surface area contributed by atoms with Crippen molar-refractivity contribution in [1.29, 1.82) is 0 Å². The van der Waals surface area contributed by atoms with Crippen LogP contribution in [0.2, 0.25) is 0 Å². The molecule has 26 heavy (non-hydrogen) atoms. The van der Waals surface area contributed by atoms with Crippen molar-refractivity contribution in [3.8, 4) is 0 Å². The molecule has 0 spiro atoms. The molecule has 0 aliphatic carbocycles. The lowest BCUT2D eigenvalue weighted by Gasteiger charge is -2.26. The van der Waals surface area contributed by atoms with Crippen LogP contribution in [0.3, 0.4) is 0 Å². The number of hydrogen-bond acceptors (Lipinski definition) is 3. The molecule has 2 aromatic carbocycles. The molecule has 0 unspecified atom stereocenters. The molecule has 0 N–H and O–H groups in total. The Labute approximate surface area is 156 Å². The van der Waals surface area contributed by atoms with Crippen molar-refractivity contribution in [3.05, 3.63) is 59.7 Å². The number of carbonyl (C=O) groups is 1. The molecule has 1 amide bonds. The van der Waals surface area contributed by atoms with Gasteiger partial charge in [0.15, 0.2) is 0 Å². The first kappa shape index (κ1) is 20.0. The molecule has 0 radical (unpaired) electrons. The van der Waals surface area contributed by atoms with E-state index in [1.54, 1.807) is 11.0 Å². The average Bonchev–Trinajstić information content (AvgIpc) is 2.59. The predicted octanol–water partition coefficient (Wildman–Crippen LogP) is 3.51. The lowest BCUT2D eigenvalue weighted by molar-refractivity contribution is -0.118. The van der Waals surface area contributed by atoms with E-state index in [4.69, 9.17) is 0 Å². The number of rotatable bonds is 7. The molecule has 0 atom stereocenters. The van der Waals surface area contributed by atoms with E-state index in [2.05, 4.69) is 0 Å². The maximum absolute atomic E-state index is 12.7. The van der Waals surface area contributed by atoms with Crippen LogP contribution in [0.4, 0.5) is 11.4 Å². The highest BCUT2D eigenvalue weighted by atomic mass is 32.2. The summed E-state index contributed by atoms with van der Waals surface area (Å²) in [7, 11) is -3.49. The Kier molecular flexibility index (Phi) is 6.42. The van der Waals surface area contributed by atoms with Gasteiger partial charge < -0.3 is 4.90 Å². The zero-order chi connectivity index (χ0) is 19.3. The average molecular weight is 375 g/mol. The number of aryl methyl sites for hydroxylation is 1. The highest BCUT2D eigenvalue weighted by Crippen LogP contribution is 2.25. The number of amides is 1. The van der Waals surface area contributed by atoms with E-state index < -0.39 is 10.0 Å². The van der Waals surface area contributed by atoms with E-state index in [9.17, 15) is 13.2 Å². The lowest BCUT2D eigenvalue weighted by Crippen LogP contribution is -2.37. The van der Waals surface area contributed by atoms with Crippen LogP contribution in [0, 0.1) is 13.8 Å². The summed E-state index contributed by atoms with van der Waals surface area (Å²) in [5.74, 6) is -0.0994. The van der Waals surface area contributed by atoms with Crippen LogP contribution in [-0.2, 0) is 14.8 Å². The van der Waals surface area contributed by atoms with E-state index in [1.165, 1.54) is 10.6 Å². The molecule has 0 aromatic heterocycles. The lowest BCUT2D eigenvalue weighted by atomic mass is 10.1. The Morgan fingerprint density at radius 3 is 2.23 bits per heavy atom. The number of carbonyl (C=O) groups excluding carboxylic acids is 1. The second-order valence-corrected chi connectivity index (χ2v) is 8.18. The van der Waals surface area contributed by atoms with Crippen molar-refractivity contribution in [2.24, 2.45) is 0 Å². The van der Waals surface area contributed by atoms with Gasteiger partial charge in [0.25, 0.3) is 0 Å². The van der Waals surface area contributed by atoms with E-state index in [-0.39, 0.29) is 18.9 Å². The number of benzene rings is 2. The van der Waals surface area contributed by atoms with Gasteiger partial charge in [-0.1, -0.05) is 30.3 Å². The molecule has 6 heteroatoms. The van der Waals surface area contributed by atoms with E-state index in [0.29, 0.717) is 12.2 Å². The van der Waals surface area contributed by atoms with Gasteiger partial charge in [0.2, 0.25) is 15.9 Å². The number of hydrogen-bond donors (Lipinski definition) is 0. The monoisotopic (exact) mass is 374 g/mol. The van der Waals surface area contributed by atoms with Gasteiger partial charge in [-0.05, 0) is 50.1 Å². The standard InChI is InChI=1S/C20H26N2O3S/c1-5-21(18-11-7-6-8-12-18)20(23)14-15-22(26(4,24)25)19-13-9-10-16(2)17(19)3/h6-13H,5,14-15H2,1-4H3. The summed E-state index contributed by atoms with van der Waals surface area (Å²) >= 11 is 0. The van der Waals surface area contributed by atoms with Crippen LogP contribution in [0.5, 0.6) is 0 Å². The highest BCUT2D eigenvalue weighted by molar-refractivity contribution is 7.92. The zero-order valence-corrected chi connectivity index (χ0v) is 16.6. The molecule has 2 rings (SSSR count). The first-order valence-corrected chi connectivity index (χ1v) is 10.5. The first-order valence-electron chi connectivity index (χ1n) is 8.65. The smallest absolute Gasteiger partial charge is 0.232 e. The van der Waals surface area contributed by atoms with Crippen LogP contribution in [0.1, 0.15) is 24.5 Å². The van der Waals surface area contributed by atoms with Crippen LogP contribution in [0.15, 0.2) is 48.5 Å². The minimum atomic E-state index is -3.49. The Balaban J connectivity index is 2.22. The summed E-state index contributed by atoms with van der Waals surface area (Å²) in [4.78, 5) is 14.4. The summed E-state index contributed by atoms with van der Waals surface area (Å²) in [5, 5.41) is 0. The molecule has 0 heterocycles. The summed E-state index contributed by atoms with van der Waals surface area (Å²) in [6.45, 7) is 6.39. The summed E-state index contributed by atoms with van der Waals surface area (Å²) in [5.41, 5.74) is 3.36. The van der Waals surface area contributed by atoms with E-state index in [1.807, 2.05) is 63.2 Å². The molecule has 5 nitrogen and oxygen atoms in total. The van der Waals surface area contributed by atoms with Crippen LogP contribution >= 0.6 is 0 Å². The van der Waals surface area contributed by atoms with Crippen LogP contribution in [0.25, 0.3) is 0 Å². The van der Waals surface area contributed by atoms with Crippen LogP contribution < -0.4 is 9.21 Å². The van der Waals surface area contributed by atoms with E-state index >= 15 is 0 Å². The normalized spacial score (nSPS) is 11.2. The van der Waals surface area contributed by atoms with Crippen molar-refractivity contribution < 1.29 is 13.2 Å². The largest absolute Gasteiger partial charge is 0.313 e. The van der Waals surface area contributed by atoms with Gasteiger partial charge >= 0.3 is 0 Å². The fraction of sp³-hybridized carbons (Fsp3) is 0.350. The second-order valence-electron chi connectivity index (χ2n) is 6.28. The Morgan fingerprint density at radius 1 is 1.00 bits per heavy atom. The molecule has 0 saturated heterocycles. The fourth-order valence-electron chi connectivity index (χ4n) is 2.91. The first-order chi connectivity index (χ1) is 12.3. The third-order valence-corrected chi connectivity index (χ3v) is 5.64. The molecule has 0 fully saturated rings. The van der Waals surface area contributed by atoms with E-state index in [0.717, 1.165) is 16.8 Å². The van der Waals surface area contributed by atoms with Gasteiger partial charge in [0.1, 0.15) is 0 Å². The summed E-state index contributed by atoms with van der Waals surface area (Å²) < 4.78 is 26.0. The SMILES string of the molecule is CCN(C(=O)CCN(c1cccc(C)c1C)S(C)(=O)=O)c1ccccc1. The van der Waals surface area contributed by atoms with Gasteiger partial charge in [-0.3, -0.25) is 9.10 Å². The fourth-order valence-corrected chi connectivity index (χ4v) is 3.89. The van der Waals surface area contributed by atoms with Gasteiger partial charge in [0.05, 0.1) is 11.9 Å². The highest BCUT2D eigenvalue weighted by Gasteiger charge is 2.22. The van der Waals surface area contributed by atoms with Crippen LogP contribution in [-0.4, -0.2) is 33.7 Å². The Bertz CT molecular complexity index is 864. The van der Waals surface area contributed by atoms with Gasteiger partial charge in [-0.15, -0.1) is 0 Å². The van der Waals surface area contributed by atoms with Gasteiger partial charge in [0, 0.05) is 25.2 Å². The van der Waals surface area contributed by atoms with Crippen molar-refractivity contribution in [1.82, 2.24) is 0 Å². The topological polar surface area (TPSA) is 57.7 Å². The summed E-state index contributed by atoms with van der Waals surface area (Å²) in [6, 6.07) is 15.0. The molecule has 0 aliphatic heterocycles. The molecule has 0 aliphatic rings. The van der Waals surface area contributed by atoms with Crippen molar-refractivity contribution in [3.63, 3.8) is 0 Å².